The summed E-state index contributed by atoms with van der Waals surface area (Å²) in [5.41, 5.74) is 3.81. The first-order valence-electron chi connectivity index (χ1n) is 12.2. The number of benzene rings is 4. The van der Waals surface area contributed by atoms with Crippen molar-refractivity contribution in [3.05, 3.63) is 118 Å². The van der Waals surface area contributed by atoms with Gasteiger partial charge >= 0.3 is 0 Å². The molecule has 0 saturated carbocycles. The van der Waals surface area contributed by atoms with Crippen molar-refractivity contribution in [1.29, 1.82) is 0 Å². The van der Waals surface area contributed by atoms with E-state index in [1.54, 1.807) is 26.4 Å². The second-order valence-corrected chi connectivity index (χ2v) is 8.87. The standard InChI is InChI=1S/C32H28O6/c1-21-14-27(36-19-22-10-6-4-7-11-22)31-25(33)18-26(38-28(31)15-21)24-16-29(34-2)32(30(17-24)35-3)37-20-23-12-8-5-9-13-23/h4-18H,19-20H2,1-3H3. The first-order chi connectivity index (χ1) is 18.6. The van der Waals surface area contributed by atoms with Crippen LogP contribution in [0.25, 0.3) is 22.3 Å². The molecular formula is C32H28O6. The average molecular weight is 509 g/mol. The third kappa shape index (κ3) is 5.34. The smallest absolute Gasteiger partial charge is 0.203 e. The Kier molecular flexibility index (Phi) is 7.31. The highest BCUT2D eigenvalue weighted by Crippen LogP contribution is 2.42. The van der Waals surface area contributed by atoms with Crippen molar-refractivity contribution in [3.8, 4) is 34.3 Å². The van der Waals surface area contributed by atoms with E-state index in [1.807, 2.05) is 79.7 Å². The molecular weight excluding hydrogens is 480 g/mol. The van der Waals surface area contributed by atoms with Crippen LogP contribution in [0.5, 0.6) is 23.0 Å². The molecule has 38 heavy (non-hydrogen) atoms. The molecule has 4 aromatic carbocycles. The Morgan fingerprint density at radius 2 is 1.26 bits per heavy atom. The molecule has 0 aliphatic carbocycles. The molecule has 6 heteroatoms. The van der Waals surface area contributed by atoms with Gasteiger partial charge in [-0.3, -0.25) is 4.79 Å². The number of fused-ring (bicyclic) bond motifs is 1. The van der Waals surface area contributed by atoms with E-state index in [1.165, 1.54) is 6.07 Å². The number of methoxy groups -OCH3 is 2. The van der Waals surface area contributed by atoms with Crippen LogP contribution in [0.1, 0.15) is 16.7 Å². The summed E-state index contributed by atoms with van der Waals surface area (Å²) in [7, 11) is 3.12. The zero-order valence-corrected chi connectivity index (χ0v) is 21.5. The molecule has 192 valence electrons. The fourth-order valence-corrected chi connectivity index (χ4v) is 4.27. The zero-order valence-electron chi connectivity index (χ0n) is 21.5. The highest BCUT2D eigenvalue weighted by atomic mass is 16.5. The van der Waals surface area contributed by atoms with Crippen molar-refractivity contribution in [2.45, 2.75) is 20.1 Å². The van der Waals surface area contributed by atoms with Gasteiger partial charge in [0.2, 0.25) is 5.75 Å². The molecule has 0 amide bonds. The second kappa shape index (κ2) is 11.1. The van der Waals surface area contributed by atoms with Gasteiger partial charge < -0.3 is 23.4 Å². The predicted molar refractivity (Wildman–Crippen MR) is 147 cm³/mol. The summed E-state index contributed by atoms with van der Waals surface area (Å²) >= 11 is 0. The van der Waals surface area contributed by atoms with Gasteiger partial charge in [0.1, 0.15) is 35.7 Å². The monoisotopic (exact) mass is 508 g/mol. The molecule has 0 aliphatic rings. The molecule has 1 heterocycles. The van der Waals surface area contributed by atoms with Gasteiger partial charge in [0.25, 0.3) is 0 Å². The topological polar surface area (TPSA) is 67.1 Å². The third-order valence-electron chi connectivity index (χ3n) is 6.15. The van der Waals surface area contributed by atoms with Gasteiger partial charge in [0.05, 0.1) is 14.2 Å². The molecule has 5 aromatic rings. The summed E-state index contributed by atoms with van der Waals surface area (Å²) in [6, 6.07) is 28.3. The Morgan fingerprint density at radius 3 is 1.84 bits per heavy atom. The van der Waals surface area contributed by atoms with E-state index in [4.69, 9.17) is 23.4 Å². The molecule has 0 saturated heterocycles. The molecule has 0 atom stereocenters. The van der Waals surface area contributed by atoms with Crippen LogP contribution in [0.3, 0.4) is 0 Å². The van der Waals surface area contributed by atoms with Crippen molar-refractivity contribution in [2.24, 2.45) is 0 Å². The molecule has 5 rings (SSSR count). The summed E-state index contributed by atoms with van der Waals surface area (Å²) in [5.74, 6) is 2.28. The van der Waals surface area contributed by atoms with Crippen LogP contribution in [0.4, 0.5) is 0 Å². The first-order valence-corrected chi connectivity index (χ1v) is 12.2. The molecule has 0 spiro atoms. The summed E-state index contributed by atoms with van der Waals surface area (Å²) < 4.78 is 29.6. The maximum absolute atomic E-state index is 13.3. The van der Waals surface area contributed by atoms with E-state index in [2.05, 4.69) is 0 Å². The quantitative estimate of drug-likeness (QED) is 0.215. The van der Waals surface area contributed by atoms with Crippen LogP contribution in [0.2, 0.25) is 0 Å². The SMILES string of the molecule is COc1cc(-c2cc(=O)c3c(OCc4ccccc4)cc(C)cc3o2)cc(OC)c1OCc1ccccc1. The minimum Gasteiger partial charge on any atom is -0.493 e. The van der Waals surface area contributed by atoms with E-state index in [9.17, 15) is 4.79 Å². The number of aryl methyl sites for hydroxylation is 1. The van der Waals surface area contributed by atoms with Crippen LogP contribution in [0.15, 0.2) is 100 Å². The fourth-order valence-electron chi connectivity index (χ4n) is 4.27. The van der Waals surface area contributed by atoms with E-state index in [0.717, 1.165) is 16.7 Å². The van der Waals surface area contributed by atoms with Gasteiger partial charge in [0, 0.05) is 11.6 Å². The van der Waals surface area contributed by atoms with Crippen LogP contribution in [-0.4, -0.2) is 14.2 Å². The van der Waals surface area contributed by atoms with Crippen LogP contribution in [0, 0.1) is 6.92 Å². The summed E-state index contributed by atoms with van der Waals surface area (Å²) in [6.45, 7) is 2.63. The van der Waals surface area contributed by atoms with E-state index in [0.29, 0.717) is 58.5 Å². The minimum atomic E-state index is -0.202. The van der Waals surface area contributed by atoms with Crippen molar-refractivity contribution in [3.63, 3.8) is 0 Å². The van der Waals surface area contributed by atoms with Gasteiger partial charge in [-0.2, -0.15) is 0 Å². The van der Waals surface area contributed by atoms with Gasteiger partial charge in [-0.25, -0.2) is 0 Å². The first kappa shape index (κ1) is 25.0. The van der Waals surface area contributed by atoms with Crippen LogP contribution in [-0.2, 0) is 13.2 Å². The Labute approximate surface area is 221 Å². The molecule has 0 unspecified atom stereocenters. The Morgan fingerprint density at radius 1 is 0.684 bits per heavy atom. The lowest BCUT2D eigenvalue weighted by Gasteiger charge is -2.16. The van der Waals surface area contributed by atoms with E-state index in [-0.39, 0.29) is 5.43 Å². The summed E-state index contributed by atoms with van der Waals surface area (Å²) in [5, 5.41) is 0.400. The van der Waals surface area contributed by atoms with Gasteiger partial charge in [-0.05, 0) is 47.9 Å². The molecule has 6 nitrogen and oxygen atoms in total. The molecule has 0 fully saturated rings. The highest BCUT2D eigenvalue weighted by Gasteiger charge is 2.19. The zero-order chi connectivity index (χ0) is 26.5. The van der Waals surface area contributed by atoms with Crippen molar-refractivity contribution >= 4 is 11.0 Å². The minimum absolute atomic E-state index is 0.202. The molecule has 0 bridgehead atoms. The van der Waals surface area contributed by atoms with Gasteiger partial charge in [-0.15, -0.1) is 0 Å². The highest BCUT2D eigenvalue weighted by molar-refractivity contribution is 5.86. The molecule has 0 aliphatic heterocycles. The number of hydrogen-bond acceptors (Lipinski definition) is 6. The van der Waals surface area contributed by atoms with Crippen LogP contribution < -0.4 is 24.4 Å². The number of ether oxygens (including phenoxy) is 4. The maximum atomic E-state index is 13.3. The molecule has 1 aromatic heterocycles. The summed E-state index contributed by atoms with van der Waals surface area (Å²) in [4.78, 5) is 13.3. The molecule has 0 radical (unpaired) electrons. The lowest BCUT2D eigenvalue weighted by atomic mass is 10.1. The lowest BCUT2D eigenvalue weighted by Crippen LogP contribution is -2.05. The fraction of sp³-hybridized carbons (Fsp3) is 0.156. The number of hydrogen-bond donors (Lipinski definition) is 0. The maximum Gasteiger partial charge on any atom is 0.203 e. The summed E-state index contributed by atoms with van der Waals surface area (Å²) in [6.07, 6.45) is 0. The number of rotatable bonds is 9. The Bertz CT molecular complexity index is 1580. The van der Waals surface area contributed by atoms with Gasteiger partial charge in [0.15, 0.2) is 16.9 Å². The predicted octanol–water partition coefficient (Wildman–Crippen LogP) is 6.94. The normalized spacial score (nSPS) is 10.8. The lowest BCUT2D eigenvalue weighted by molar-refractivity contribution is 0.266. The van der Waals surface area contributed by atoms with Crippen LogP contribution >= 0.6 is 0 Å². The average Bonchev–Trinajstić information content (AvgIpc) is 2.95. The largest absolute Gasteiger partial charge is 0.493 e. The van der Waals surface area contributed by atoms with Gasteiger partial charge in [-0.1, -0.05) is 60.7 Å². The second-order valence-electron chi connectivity index (χ2n) is 8.87. The molecule has 0 N–H and O–H groups in total. The van der Waals surface area contributed by atoms with Crippen molar-refractivity contribution < 1.29 is 23.4 Å². The van der Waals surface area contributed by atoms with E-state index < -0.39 is 0 Å². The third-order valence-corrected chi connectivity index (χ3v) is 6.15. The Balaban J connectivity index is 1.51. The van der Waals surface area contributed by atoms with E-state index >= 15 is 0 Å². The van der Waals surface area contributed by atoms with Crippen molar-refractivity contribution in [1.82, 2.24) is 0 Å². The Hall–Kier alpha value is -4.71. The van der Waals surface area contributed by atoms with Crippen molar-refractivity contribution in [2.75, 3.05) is 14.2 Å².